The van der Waals surface area contributed by atoms with Gasteiger partial charge in [-0.25, -0.2) is 4.39 Å². The van der Waals surface area contributed by atoms with Crippen molar-refractivity contribution in [1.82, 2.24) is 14.8 Å². The second-order valence-electron chi connectivity index (χ2n) is 8.09. The van der Waals surface area contributed by atoms with Gasteiger partial charge in [0.1, 0.15) is 13.3 Å². The highest BCUT2D eigenvalue weighted by Gasteiger charge is 2.42. The molecule has 0 N–H and O–H groups in total. The molecular weight excluding hydrogens is 369 g/mol. The Kier molecular flexibility index (Phi) is 6.21. The van der Waals surface area contributed by atoms with Crippen LogP contribution in [0.15, 0.2) is 48.7 Å². The second-order valence-corrected chi connectivity index (χ2v) is 8.09. The first kappa shape index (κ1) is 20.0. The minimum Gasteiger partial charge on any atom is -0.363 e. The van der Waals surface area contributed by atoms with E-state index in [0.717, 1.165) is 44.6 Å². The zero-order chi connectivity index (χ0) is 20.1. The third-order valence-corrected chi connectivity index (χ3v) is 6.05. The smallest absolute Gasteiger partial charge is 0.249 e. The van der Waals surface area contributed by atoms with E-state index in [0.29, 0.717) is 18.7 Å². The molecule has 29 heavy (non-hydrogen) atoms. The first-order chi connectivity index (χ1) is 14.2. The summed E-state index contributed by atoms with van der Waals surface area (Å²) in [5, 5.41) is 0. The molecule has 0 atom stereocenters. The number of pyridine rings is 1. The highest BCUT2D eigenvalue weighted by atomic mass is 19.1. The van der Waals surface area contributed by atoms with Crippen molar-refractivity contribution < 1.29 is 13.9 Å². The number of alkyl halides is 1. The Bertz CT molecular complexity index is 805. The number of morpholine rings is 1. The largest absolute Gasteiger partial charge is 0.363 e. The van der Waals surface area contributed by atoms with Crippen LogP contribution >= 0.6 is 0 Å². The fourth-order valence-corrected chi connectivity index (χ4v) is 4.17. The second kappa shape index (κ2) is 9.01. The molecule has 0 bridgehead atoms. The number of amides is 1. The van der Waals surface area contributed by atoms with E-state index in [1.54, 1.807) is 18.3 Å². The van der Waals surface area contributed by atoms with Crippen LogP contribution in [-0.4, -0.2) is 59.1 Å². The minimum atomic E-state index is -0.520. The van der Waals surface area contributed by atoms with E-state index < -0.39 is 6.67 Å². The molecule has 2 aromatic rings. The first-order valence-corrected chi connectivity index (χ1v) is 10.3. The number of piperidine rings is 1. The maximum Gasteiger partial charge on any atom is 0.249 e. The summed E-state index contributed by atoms with van der Waals surface area (Å²) in [5.74, 6) is -0.00139. The maximum absolute atomic E-state index is 12.7. The monoisotopic (exact) mass is 397 g/mol. The number of halogens is 1. The zero-order valence-electron chi connectivity index (χ0n) is 16.7. The van der Waals surface area contributed by atoms with E-state index in [4.69, 9.17) is 4.74 Å². The van der Waals surface area contributed by atoms with Crippen LogP contribution in [0.2, 0.25) is 0 Å². The van der Waals surface area contributed by atoms with Gasteiger partial charge in [-0.15, -0.1) is 0 Å². The van der Waals surface area contributed by atoms with E-state index in [1.807, 2.05) is 11.0 Å². The highest BCUT2D eigenvalue weighted by Crippen LogP contribution is 2.31. The molecular formula is C23H28FN3O2. The predicted molar refractivity (Wildman–Crippen MR) is 109 cm³/mol. The fourth-order valence-electron chi connectivity index (χ4n) is 4.17. The summed E-state index contributed by atoms with van der Waals surface area (Å²) in [6.45, 7) is 3.68. The molecule has 2 saturated heterocycles. The minimum absolute atomic E-state index is 0.00139. The van der Waals surface area contributed by atoms with Crippen molar-refractivity contribution in [3.63, 3.8) is 0 Å². The van der Waals surface area contributed by atoms with Crippen molar-refractivity contribution in [2.75, 3.05) is 32.8 Å². The van der Waals surface area contributed by atoms with Crippen LogP contribution in [0.25, 0.3) is 0 Å². The Balaban J connectivity index is 1.31. The molecule has 0 unspecified atom stereocenters. The molecule has 3 heterocycles. The summed E-state index contributed by atoms with van der Waals surface area (Å²) in [6.07, 6.45) is 4.46. The normalized spacial score (nSPS) is 19.6. The lowest BCUT2D eigenvalue weighted by Crippen LogP contribution is -2.58. The molecule has 0 saturated carbocycles. The number of benzene rings is 1. The van der Waals surface area contributed by atoms with Gasteiger partial charge in [0, 0.05) is 31.4 Å². The molecule has 1 aromatic heterocycles. The predicted octanol–water partition coefficient (Wildman–Crippen LogP) is 2.99. The van der Waals surface area contributed by atoms with E-state index >= 15 is 0 Å². The molecule has 1 spiro atoms. The molecule has 5 nitrogen and oxygen atoms in total. The number of hydrogen-bond acceptors (Lipinski definition) is 4. The Labute approximate surface area is 171 Å². The van der Waals surface area contributed by atoms with Gasteiger partial charge >= 0.3 is 0 Å². The molecule has 6 heteroatoms. The number of ether oxygens (including phenoxy) is 1. The first-order valence-electron chi connectivity index (χ1n) is 10.3. The fraction of sp³-hybridized carbons (Fsp3) is 0.478. The summed E-state index contributed by atoms with van der Waals surface area (Å²) in [6, 6.07) is 14.1. The number of likely N-dealkylation sites (tertiary alicyclic amines) is 1. The van der Waals surface area contributed by atoms with E-state index in [-0.39, 0.29) is 18.1 Å². The summed E-state index contributed by atoms with van der Waals surface area (Å²) in [4.78, 5) is 21.0. The third-order valence-electron chi connectivity index (χ3n) is 6.05. The highest BCUT2D eigenvalue weighted by molar-refractivity contribution is 5.78. The zero-order valence-corrected chi connectivity index (χ0v) is 16.7. The molecule has 2 aliphatic rings. The quantitative estimate of drug-likeness (QED) is 0.752. The van der Waals surface area contributed by atoms with E-state index in [9.17, 15) is 9.18 Å². The number of rotatable bonds is 6. The van der Waals surface area contributed by atoms with E-state index in [2.05, 4.69) is 34.1 Å². The molecule has 1 amide bonds. The SMILES string of the molecule is O=C1COC2(CCN(CCc3ccccc3)CC2)CN1Cc1ccc(CF)cn1. The van der Waals surface area contributed by atoms with Gasteiger partial charge in [0.05, 0.1) is 24.4 Å². The number of nitrogens with zero attached hydrogens (tertiary/aromatic N) is 3. The average Bonchev–Trinajstić information content (AvgIpc) is 2.77. The van der Waals surface area contributed by atoms with Crippen LogP contribution in [0, 0.1) is 0 Å². The lowest BCUT2D eigenvalue weighted by molar-refractivity contribution is -0.172. The summed E-state index contributed by atoms with van der Waals surface area (Å²) >= 11 is 0. The van der Waals surface area contributed by atoms with Gasteiger partial charge in [-0.3, -0.25) is 9.78 Å². The molecule has 0 radical (unpaired) electrons. The van der Waals surface area contributed by atoms with Crippen LogP contribution in [0.5, 0.6) is 0 Å². The van der Waals surface area contributed by atoms with Gasteiger partial charge in [0.2, 0.25) is 5.91 Å². The number of hydrogen-bond donors (Lipinski definition) is 0. The van der Waals surface area contributed by atoms with Crippen molar-refractivity contribution in [2.24, 2.45) is 0 Å². The van der Waals surface area contributed by atoms with Crippen molar-refractivity contribution >= 4 is 5.91 Å². The van der Waals surface area contributed by atoms with Gasteiger partial charge < -0.3 is 14.5 Å². The third kappa shape index (κ3) is 5.00. The standard InChI is InChI=1S/C23H28FN3O2/c24-14-20-6-7-21(25-15-20)16-27-18-23(29-17-22(27)28)9-12-26(13-10-23)11-8-19-4-2-1-3-5-19/h1-7,15H,8-14,16-18H2. The molecule has 0 aliphatic carbocycles. The molecule has 2 fully saturated rings. The topological polar surface area (TPSA) is 45.7 Å². The number of aromatic nitrogens is 1. The molecule has 2 aliphatic heterocycles. The van der Waals surface area contributed by atoms with Crippen molar-refractivity contribution in [1.29, 1.82) is 0 Å². The average molecular weight is 397 g/mol. The van der Waals surface area contributed by atoms with Crippen molar-refractivity contribution in [3.8, 4) is 0 Å². The summed E-state index contributed by atoms with van der Waals surface area (Å²) < 4.78 is 18.7. The molecule has 1 aromatic carbocycles. The van der Waals surface area contributed by atoms with Crippen molar-refractivity contribution in [2.45, 2.75) is 38.1 Å². The van der Waals surface area contributed by atoms with Crippen LogP contribution in [-0.2, 0) is 29.2 Å². The lowest BCUT2D eigenvalue weighted by atomic mass is 9.89. The lowest BCUT2D eigenvalue weighted by Gasteiger charge is -2.47. The Hall–Kier alpha value is -2.31. The Morgan fingerprint density at radius 3 is 2.55 bits per heavy atom. The Morgan fingerprint density at radius 2 is 1.86 bits per heavy atom. The molecule has 154 valence electrons. The van der Waals surface area contributed by atoms with Crippen LogP contribution in [0.3, 0.4) is 0 Å². The number of carbonyl (C=O) groups excluding carboxylic acids is 1. The number of carbonyl (C=O) groups is 1. The Morgan fingerprint density at radius 1 is 1.07 bits per heavy atom. The van der Waals surface area contributed by atoms with Gasteiger partial charge in [0.15, 0.2) is 0 Å². The van der Waals surface area contributed by atoms with Gasteiger partial charge in [-0.1, -0.05) is 36.4 Å². The van der Waals surface area contributed by atoms with Gasteiger partial charge in [0.25, 0.3) is 0 Å². The van der Waals surface area contributed by atoms with Gasteiger partial charge in [-0.05, 0) is 30.9 Å². The summed E-state index contributed by atoms with van der Waals surface area (Å²) in [5.41, 5.74) is 2.45. The van der Waals surface area contributed by atoms with Gasteiger partial charge in [-0.2, -0.15) is 0 Å². The molecule has 4 rings (SSSR count). The van der Waals surface area contributed by atoms with E-state index in [1.165, 1.54) is 5.56 Å². The van der Waals surface area contributed by atoms with Crippen LogP contribution in [0.4, 0.5) is 4.39 Å². The maximum atomic E-state index is 12.7. The van der Waals surface area contributed by atoms with Crippen molar-refractivity contribution in [3.05, 3.63) is 65.5 Å². The van der Waals surface area contributed by atoms with Crippen LogP contribution in [0.1, 0.15) is 29.7 Å². The van der Waals surface area contributed by atoms with Crippen LogP contribution < -0.4 is 0 Å². The summed E-state index contributed by atoms with van der Waals surface area (Å²) in [7, 11) is 0.